The van der Waals surface area contributed by atoms with Crippen LogP contribution in [-0.4, -0.2) is 56.0 Å². The highest BCUT2D eigenvalue weighted by Gasteiger charge is 2.30. The predicted octanol–water partition coefficient (Wildman–Crippen LogP) is 0.491. The highest BCUT2D eigenvalue weighted by molar-refractivity contribution is 7.89. The number of halogens is 1. The van der Waals surface area contributed by atoms with Crippen LogP contribution in [0.1, 0.15) is 17.3 Å². The SMILES string of the molecule is CC(=O)c1ccc(F)c(S(=O)(=O)N2CCN(C=O)CC2)c1. The number of piperazine rings is 1. The quantitative estimate of drug-likeness (QED) is 0.599. The lowest BCUT2D eigenvalue weighted by atomic mass is 10.1. The summed E-state index contributed by atoms with van der Waals surface area (Å²) in [5, 5.41) is 0. The molecule has 114 valence electrons. The van der Waals surface area contributed by atoms with E-state index in [0.717, 1.165) is 16.4 Å². The van der Waals surface area contributed by atoms with Crippen LogP contribution in [0.5, 0.6) is 0 Å². The zero-order valence-electron chi connectivity index (χ0n) is 11.5. The molecule has 6 nitrogen and oxygen atoms in total. The molecular formula is C13H15FN2O4S. The summed E-state index contributed by atoms with van der Waals surface area (Å²) in [6.07, 6.45) is 0.654. The maximum absolute atomic E-state index is 13.8. The molecule has 0 aromatic heterocycles. The van der Waals surface area contributed by atoms with Crippen LogP contribution in [0.25, 0.3) is 0 Å². The second-order valence-corrected chi connectivity index (χ2v) is 6.65. The van der Waals surface area contributed by atoms with E-state index in [1.54, 1.807) is 0 Å². The first-order valence-electron chi connectivity index (χ1n) is 6.36. The summed E-state index contributed by atoms with van der Waals surface area (Å²) in [7, 11) is -4.02. The van der Waals surface area contributed by atoms with Crippen molar-refractivity contribution in [2.45, 2.75) is 11.8 Å². The molecule has 0 saturated carbocycles. The fourth-order valence-electron chi connectivity index (χ4n) is 2.11. The van der Waals surface area contributed by atoms with Crippen LogP contribution in [0.15, 0.2) is 23.1 Å². The van der Waals surface area contributed by atoms with Gasteiger partial charge in [0.25, 0.3) is 0 Å². The van der Waals surface area contributed by atoms with E-state index >= 15 is 0 Å². The average molecular weight is 314 g/mol. The van der Waals surface area contributed by atoms with E-state index in [9.17, 15) is 22.4 Å². The largest absolute Gasteiger partial charge is 0.343 e. The van der Waals surface area contributed by atoms with Crippen LogP contribution in [0.3, 0.4) is 0 Å². The summed E-state index contributed by atoms with van der Waals surface area (Å²) in [5.41, 5.74) is 0.140. The third kappa shape index (κ3) is 3.11. The van der Waals surface area contributed by atoms with Gasteiger partial charge in [-0.05, 0) is 25.1 Å². The lowest BCUT2D eigenvalue weighted by Crippen LogP contribution is -2.48. The Morgan fingerprint density at radius 3 is 2.38 bits per heavy atom. The molecule has 21 heavy (non-hydrogen) atoms. The smallest absolute Gasteiger partial charge is 0.246 e. The number of amides is 1. The van der Waals surface area contributed by atoms with E-state index in [1.807, 2.05) is 0 Å². The van der Waals surface area contributed by atoms with Crippen LogP contribution < -0.4 is 0 Å². The number of rotatable bonds is 4. The van der Waals surface area contributed by atoms with Crippen molar-refractivity contribution in [2.75, 3.05) is 26.2 Å². The topological polar surface area (TPSA) is 74.8 Å². The number of nitrogens with zero attached hydrogens (tertiary/aromatic N) is 2. The van der Waals surface area contributed by atoms with Crippen LogP contribution in [-0.2, 0) is 14.8 Å². The molecule has 0 unspecified atom stereocenters. The van der Waals surface area contributed by atoms with Crippen molar-refractivity contribution in [2.24, 2.45) is 0 Å². The second-order valence-electron chi connectivity index (χ2n) is 4.75. The Bertz CT molecular complexity index is 667. The van der Waals surface area contributed by atoms with Gasteiger partial charge in [0, 0.05) is 31.7 Å². The van der Waals surface area contributed by atoms with E-state index in [1.165, 1.54) is 17.9 Å². The minimum absolute atomic E-state index is 0.102. The molecule has 0 aliphatic carbocycles. The van der Waals surface area contributed by atoms with Crippen molar-refractivity contribution in [3.63, 3.8) is 0 Å². The molecule has 2 rings (SSSR count). The fourth-order valence-corrected chi connectivity index (χ4v) is 3.62. The molecule has 0 N–H and O–H groups in total. The van der Waals surface area contributed by atoms with Gasteiger partial charge in [0.1, 0.15) is 10.7 Å². The molecule has 0 bridgehead atoms. The number of carbonyl (C=O) groups is 2. The molecule has 1 aliphatic heterocycles. The number of carbonyl (C=O) groups excluding carboxylic acids is 2. The molecule has 1 aromatic carbocycles. The molecule has 0 spiro atoms. The summed E-state index contributed by atoms with van der Waals surface area (Å²) in [6.45, 7) is 2.01. The van der Waals surface area contributed by atoms with Gasteiger partial charge in [-0.2, -0.15) is 4.31 Å². The summed E-state index contributed by atoms with van der Waals surface area (Å²) in [4.78, 5) is 22.9. The Labute approximate surface area is 122 Å². The van der Waals surface area contributed by atoms with Crippen molar-refractivity contribution < 1.29 is 22.4 Å². The summed E-state index contributed by atoms with van der Waals surface area (Å²) in [5.74, 6) is -1.23. The van der Waals surface area contributed by atoms with Gasteiger partial charge in [0.15, 0.2) is 5.78 Å². The van der Waals surface area contributed by atoms with Crippen LogP contribution in [0, 0.1) is 5.82 Å². The first kappa shape index (κ1) is 15.6. The van der Waals surface area contributed by atoms with Gasteiger partial charge in [-0.25, -0.2) is 12.8 Å². The molecule has 0 radical (unpaired) electrons. The third-order valence-corrected chi connectivity index (χ3v) is 5.29. The molecule has 1 amide bonds. The Kier molecular flexibility index (Phi) is 4.38. The van der Waals surface area contributed by atoms with E-state index in [2.05, 4.69) is 0 Å². The van der Waals surface area contributed by atoms with Crippen LogP contribution in [0.2, 0.25) is 0 Å². The number of sulfonamides is 1. The minimum atomic E-state index is -4.02. The maximum Gasteiger partial charge on any atom is 0.246 e. The Morgan fingerprint density at radius 2 is 1.86 bits per heavy atom. The zero-order chi connectivity index (χ0) is 15.6. The first-order chi connectivity index (χ1) is 9.86. The van der Waals surface area contributed by atoms with Gasteiger partial charge in [-0.1, -0.05) is 0 Å². The van der Waals surface area contributed by atoms with Crippen LogP contribution >= 0.6 is 0 Å². The lowest BCUT2D eigenvalue weighted by molar-refractivity contribution is -0.119. The summed E-state index contributed by atoms with van der Waals surface area (Å²) < 4.78 is 39.9. The highest BCUT2D eigenvalue weighted by atomic mass is 32.2. The standard InChI is InChI=1S/C13H15FN2O4S/c1-10(18)11-2-3-12(14)13(8-11)21(19,20)16-6-4-15(9-17)5-7-16/h2-3,8-9H,4-7H2,1H3. The van der Waals surface area contributed by atoms with Gasteiger partial charge >= 0.3 is 0 Å². The van der Waals surface area contributed by atoms with Gasteiger partial charge < -0.3 is 4.90 Å². The molecule has 0 atom stereocenters. The van der Waals surface area contributed by atoms with Gasteiger partial charge in [0.05, 0.1) is 0 Å². The van der Waals surface area contributed by atoms with E-state index in [4.69, 9.17) is 0 Å². The number of benzene rings is 1. The predicted molar refractivity (Wildman–Crippen MR) is 72.8 cm³/mol. The normalized spacial score (nSPS) is 16.8. The summed E-state index contributed by atoms with van der Waals surface area (Å²) >= 11 is 0. The van der Waals surface area contributed by atoms with E-state index in [0.29, 0.717) is 6.41 Å². The van der Waals surface area contributed by atoms with Crippen molar-refractivity contribution in [3.05, 3.63) is 29.6 Å². The molecule has 1 aromatic rings. The minimum Gasteiger partial charge on any atom is -0.343 e. The Morgan fingerprint density at radius 1 is 1.24 bits per heavy atom. The average Bonchev–Trinajstić information content (AvgIpc) is 2.47. The maximum atomic E-state index is 13.8. The molecule has 1 saturated heterocycles. The molecule has 1 fully saturated rings. The van der Waals surface area contributed by atoms with Gasteiger partial charge in [0.2, 0.25) is 16.4 Å². The first-order valence-corrected chi connectivity index (χ1v) is 7.80. The second kappa shape index (κ2) is 5.90. The van der Waals surface area contributed by atoms with Gasteiger partial charge in [-0.3, -0.25) is 9.59 Å². The molecule has 8 heteroatoms. The Balaban J connectivity index is 2.34. The van der Waals surface area contributed by atoms with E-state index < -0.39 is 20.7 Å². The molecule has 1 heterocycles. The number of ketones is 1. The molecular weight excluding hydrogens is 299 g/mol. The van der Waals surface area contributed by atoms with Crippen molar-refractivity contribution in [1.82, 2.24) is 9.21 Å². The number of hydrogen-bond donors (Lipinski definition) is 0. The number of hydrogen-bond acceptors (Lipinski definition) is 4. The fraction of sp³-hybridized carbons (Fsp3) is 0.385. The van der Waals surface area contributed by atoms with Crippen LogP contribution in [0.4, 0.5) is 4.39 Å². The summed E-state index contributed by atoms with van der Waals surface area (Å²) in [6, 6.07) is 3.28. The van der Waals surface area contributed by atoms with Crippen molar-refractivity contribution >= 4 is 22.2 Å². The lowest BCUT2D eigenvalue weighted by Gasteiger charge is -2.31. The third-order valence-electron chi connectivity index (χ3n) is 3.38. The number of Topliss-reactive ketones (excluding diaryl/α,β-unsaturated/α-hetero) is 1. The Hall–Kier alpha value is -1.80. The van der Waals surface area contributed by atoms with Gasteiger partial charge in [-0.15, -0.1) is 0 Å². The molecule has 1 aliphatic rings. The van der Waals surface area contributed by atoms with Crippen molar-refractivity contribution in [3.8, 4) is 0 Å². The van der Waals surface area contributed by atoms with E-state index in [-0.39, 0.29) is 37.5 Å². The highest BCUT2D eigenvalue weighted by Crippen LogP contribution is 2.22. The zero-order valence-corrected chi connectivity index (χ0v) is 12.3. The monoisotopic (exact) mass is 314 g/mol. The van der Waals surface area contributed by atoms with Crippen molar-refractivity contribution in [1.29, 1.82) is 0 Å².